The van der Waals surface area contributed by atoms with Crippen LogP contribution in [0.4, 0.5) is 0 Å². The van der Waals surface area contributed by atoms with Gasteiger partial charge in [0.05, 0.1) is 18.1 Å². The summed E-state index contributed by atoms with van der Waals surface area (Å²) >= 11 is 1.51. The monoisotopic (exact) mass is 480 g/mol. The van der Waals surface area contributed by atoms with E-state index >= 15 is 0 Å². The highest BCUT2D eigenvalue weighted by molar-refractivity contribution is 7.98. The smallest absolute Gasteiger partial charge is 0.201 e. The Morgan fingerprint density at radius 1 is 0.771 bits per heavy atom. The Morgan fingerprint density at radius 3 is 2.11 bits per heavy atom. The van der Waals surface area contributed by atoms with E-state index in [1.807, 2.05) is 78.9 Å². The number of benzene rings is 4. The second kappa shape index (κ2) is 10.5. The van der Waals surface area contributed by atoms with Gasteiger partial charge in [0, 0.05) is 11.8 Å². The number of hydrogen-bond donors (Lipinski definition) is 0. The fourth-order valence-electron chi connectivity index (χ4n) is 3.82. The Morgan fingerprint density at radius 2 is 1.43 bits per heavy atom. The third-order valence-corrected chi connectivity index (χ3v) is 6.70. The molecule has 5 aromatic rings. The minimum atomic E-state index is -0.0680. The van der Waals surface area contributed by atoms with Gasteiger partial charge in [-0.15, -0.1) is 0 Å². The Hall–Kier alpha value is -3.96. The third kappa shape index (κ3) is 5.26. The van der Waals surface area contributed by atoms with Crippen LogP contribution in [0.1, 0.15) is 11.1 Å². The van der Waals surface area contributed by atoms with Gasteiger partial charge < -0.3 is 13.9 Å². The van der Waals surface area contributed by atoms with Gasteiger partial charge in [0.1, 0.15) is 23.7 Å². The van der Waals surface area contributed by atoms with Crippen LogP contribution in [0, 0.1) is 0 Å². The van der Waals surface area contributed by atoms with E-state index in [1.165, 1.54) is 11.8 Å². The zero-order valence-corrected chi connectivity index (χ0v) is 20.1. The standard InChI is InChI=1S/C30H24O4S/c1-32-24-14-12-23(13-15-24)28-29(31)26-17-16-25(33-19-21-8-4-2-5-9-21)18-27(26)34-30(28)35-20-22-10-6-3-7-11-22/h2-18H,19-20H2,1H3. The molecule has 4 aromatic carbocycles. The summed E-state index contributed by atoms with van der Waals surface area (Å²) in [7, 11) is 1.62. The summed E-state index contributed by atoms with van der Waals surface area (Å²) in [5.74, 6) is 2.07. The Bertz CT molecular complexity index is 1480. The predicted molar refractivity (Wildman–Crippen MR) is 141 cm³/mol. The second-order valence-corrected chi connectivity index (χ2v) is 8.98. The first-order valence-electron chi connectivity index (χ1n) is 11.3. The van der Waals surface area contributed by atoms with Crippen molar-refractivity contribution in [3.8, 4) is 22.6 Å². The highest BCUT2D eigenvalue weighted by atomic mass is 32.2. The van der Waals surface area contributed by atoms with Crippen molar-refractivity contribution < 1.29 is 13.9 Å². The van der Waals surface area contributed by atoms with Gasteiger partial charge in [-0.25, -0.2) is 0 Å². The van der Waals surface area contributed by atoms with Gasteiger partial charge in [-0.2, -0.15) is 0 Å². The van der Waals surface area contributed by atoms with Crippen molar-refractivity contribution in [3.05, 3.63) is 124 Å². The van der Waals surface area contributed by atoms with Crippen LogP contribution in [0.15, 0.2) is 117 Å². The van der Waals surface area contributed by atoms with Gasteiger partial charge in [0.25, 0.3) is 0 Å². The van der Waals surface area contributed by atoms with E-state index in [-0.39, 0.29) is 5.43 Å². The molecule has 0 saturated carbocycles. The van der Waals surface area contributed by atoms with Gasteiger partial charge >= 0.3 is 0 Å². The molecule has 0 unspecified atom stereocenters. The van der Waals surface area contributed by atoms with Crippen molar-refractivity contribution in [1.29, 1.82) is 0 Å². The van der Waals surface area contributed by atoms with Crippen molar-refractivity contribution in [3.63, 3.8) is 0 Å². The average molecular weight is 481 g/mol. The van der Waals surface area contributed by atoms with E-state index in [2.05, 4.69) is 12.1 Å². The number of fused-ring (bicyclic) bond motifs is 1. The van der Waals surface area contributed by atoms with E-state index in [1.54, 1.807) is 19.2 Å². The number of ether oxygens (including phenoxy) is 2. The van der Waals surface area contributed by atoms with Crippen molar-refractivity contribution in [2.45, 2.75) is 17.5 Å². The Labute approximate surface area is 208 Å². The summed E-state index contributed by atoms with van der Waals surface area (Å²) < 4.78 is 17.6. The molecule has 0 radical (unpaired) electrons. The molecule has 5 heteroatoms. The maximum absolute atomic E-state index is 13.7. The van der Waals surface area contributed by atoms with E-state index in [0.717, 1.165) is 22.4 Å². The molecule has 1 aromatic heterocycles. The van der Waals surface area contributed by atoms with E-state index in [9.17, 15) is 4.79 Å². The molecule has 174 valence electrons. The van der Waals surface area contributed by atoms with Crippen LogP contribution in [0.25, 0.3) is 22.1 Å². The molecule has 0 N–H and O–H groups in total. The summed E-state index contributed by atoms with van der Waals surface area (Å²) in [5, 5.41) is 1.10. The molecule has 0 bridgehead atoms. The molecular weight excluding hydrogens is 456 g/mol. The van der Waals surface area contributed by atoms with Gasteiger partial charge in [-0.1, -0.05) is 84.6 Å². The zero-order valence-electron chi connectivity index (χ0n) is 19.3. The summed E-state index contributed by atoms with van der Waals surface area (Å²) in [6, 6.07) is 33.0. The molecule has 4 nitrogen and oxygen atoms in total. The SMILES string of the molecule is COc1ccc(-c2c(SCc3ccccc3)oc3cc(OCc4ccccc4)ccc3c2=O)cc1. The highest BCUT2D eigenvalue weighted by Gasteiger charge is 2.18. The fraction of sp³-hybridized carbons (Fsp3) is 0.100. The summed E-state index contributed by atoms with van der Waals surface area (Å²) in [6.45, 7) is 0.441. The quantitative estimate of drug-likeness (QED) is 0.218. The highest BCUT2D eigenvalue weighted by Crippen LogP contribution is 2.35. The molecule has 0 amide bonds. The minimum Gasteiger partial charge on any atom is -0.497 e. The zero-order chi connectivity index (χ0) is 24.0. The van der Waals surface area contributed by atoms with Gasteiger partial charge in [-0.05, 0) is 41.0 Å². The second-order valence-electron chi connectivity index (χ2n) is 8.03. The summed E-state index contributed by atoms with van der Waals surface area (Å²) in [6.07, 6.45) is 0. The molecule has 0 fully saturated rings. The van der Waals surface area contributed by atoms with E-state index < -0.39 is 0 Å². The lowest BCUT2D eigenvalue weighted by Gasteiger charge is -2.12. The fourth-order valence-corrected chi connectivity index (χ4v) is 4.81. The summed E-state index contributed by atoms with van der Waals surface area (Å²) in [5.41, 5.74) is 4.01. The first-order chi connectivity index (χ1) is 17.2. The number of hydrogen-bond acceptors (Lipinski definition) is 5. The van der Waals surface area contributed by atoms with Crippen molar-refractivity contribution in [2.24, 2.45) is 0 Å². The van der Waals surface area contributed by atoms with Crippen LogP contribution in [0.5, 0.6) is 11.5 Å². The molecule has 0 saturated heterocycles. The summed E-state index contributed by atoms with van der Waals surface area (Å²) in [4.78, 5) is 13.7. The van der Waals surface area contributed by atoms with Gasteiger partial charge in [0.15, 0.2) is 5.09 Å². The topological polar surface area (TPSA) is 48.7 Å². The Balaban J connectivity index is 1.53. The van der Waals surface area contributed by atoms with E-state index in [0.29, 0.717) is 39.7 Å². The molecule has 35 heavy (non-hydrogen) atoms. The molecule has 0 aliphatic carbocycles. The largest absolute Gasteiger partial charge is 0.497 e. The van der Waals surface area contributed by atoms with Crippen LogP contribution < -0.4 is 14.9 Å². The van der Waals surface area contributed by atoms with Crippen LogP contribution in [-0.4, -0.2) is 7.11 Å². The van der Waals surface area contributed by atoms with E-state index in [4.69, 9.17) is 13.9 Å². The molecule has 1 heterocycles. The first kappa shape index (κ1) is 22.8. The maximum atomic E-state index is 13.7. The molecule has 0 spiro atoms. The number of rotatable bonds is 8. The lowest BCUT2D eigenvalue weighted by molar-refractivity contribution is 0.306. The number of thioether (sulfide) groups is 1. The van der Waals surface area contributed by atoms with Crippen molar-refractivity contribution in [1.82, 2.24) is 0 Å². The maximum Gasteiger partial charge on any atom is 0.201 e. The van der Waals surface area contributed by atoms with Crippen molar-refractivity contribution in [2.75, 3.05) is 7.11 Å². The normalized spacial score (nSPS) is 10.9. The third-order valence-electron chi connectivity index (χ3n) is 5.67. The first-order valence-corrected chi connectivity index (χ1v) is 12.3. The lowest BCUT2D eigenvalue weighted by atomic mass is 10.1. The molecular formula is C30H24O4S. The average Bonchev–Trinajstić information content (AvgIpc) is 2.92. The van der Waals surface area contributed by atoms with Crippen LogP contribution in [-0.2, 0) is 12.4 Å². The molecule has 5 rings (SSSR count). The van der Waals surface area contributed by atoms with Gasteiger partial charge in [-0.3, -0.25) is 4.79 Å². The Kier molecular flexibility index (Phi) is 6.87. The molecule has 0 atom stereocenters. The predicted octanol–water partition coefficient (Wildman–Crippen LogP) is 7.34. The van der Waals surface area contributed by atoms with Crippen LogP contribution >= 0.6 is 11.8 Å². The van der Waals surface area contributed by atoms with Gasteiger partial charge in [0.2, 0.25) is 5.43 Å². The molecule has 0 aliphatic heterocycles. The lowest BCUT2D eigenvalue weighted by Crippen LogP contribution is -2.07. The number of methoxy groups -OCH3 is 1. The minimum absolute atomic E-state index is 0.0680. The van der Waals surface area contributed by atoms with Crippen LogP contribution in [0.2, 0.25) is 0 Å². The van der Waals surface area contributed by atoms with Crippen LogP contribution in [0.3, 0.4) is 0 Å². The van der Waals surface area contributed by atoms with Crippen molar-refractivity contribution >= 4 is 22.7 Å². The molecule has 0 aliphatic rings.